The lowest BCUT2D eigenvalue weighted by atomic mass is 9.59. The van der Waals surface area contributed by atoms with Crippen molar-refractivity contribution >= 4 is 23.3 Å². The molecule has 126 valence electrons. The maximum Gasteiger partial charge on any atom is 0.416 e. The maximum absolute atomic E-state index is 12.9. The number of carbonyl (C=O) groups excluding carboxylic acids is 3. The zero-order chi connectivity index (χ0) is 17.2. The molecule has 0 spiro atoms. The van der Waals surface area contributed by atoms with Crippen LogP contribution in [-0.2, 0) is 20.6 Å². The number of Topliss-reactive ketones (excluding diaryl/α,β-unsaturated/α-hetero) is 1. The Morgan fingerprint density at radius 1 is 1.00 bits per heavy atom. The van der Waals surface area contributed by atoms with Crippen molar-refractivity contribution in [1.82, 2.24) is 0 Å². The molecule has 1 heterocycles. The van der Waals surface area contributed by atoms with Crippen LogP contribution in [0.3, 0.4) is 0 Å². The molecule has 24 heavy (non-hydrogen) atoms. The number of amides is 2. The topological polar surface area (TPSA) is 54.5 Å². The summed E-state index contributed by atoms with van der Waals surface area (Å²) in [5.74, 6) is -2.90. The van der Waals surface area contributed by atoms with E-state index in [-0.39, 0.29) is 17.4 Å². The van der Waals surface area contributed by atoms with Crippen molar-refractivity contribution < 1.29 is 27.6 Å². The molecule has 3 aliphatic carbocycles. The summed E-state index contributed by atoms with van der Waals surface area (Å²) in [6.07, 6.45) is -2.96. The molecule has 0 aromatic heterocycles. The largest absolute Gasteiger partial charge is 0.416 e. The number of halogens is 3. The quantitative estimate of drug-likeness (QED) is 0.741. The fourth-order valence-corrected chi connectivity index (χ4v) is 4.46. The molecule has 1 aromatic carbocycles. The zero-order valence-corrected chi connectivity index (χ0v) is 12.5. The number of hydrogen-bond acceptors (Lipinski definition) is 3. The normalized spacial score (nSPS) is 32.5. The number of alkyl halides is 3. The van der Waals surface area contributed by atoms with Crippen LogP contribution >= 0.6 is 0 Å². The molecule has 1 aliphatic heterocycles. The second-order valence-electron chi connectivity index (χ2n) is 6.73. The highest BCUT2D eigenvalue weighted by Crippen LogP contribution is 2.52. The minimum absolute atomic E-state index is 0.000424. The van der Waals surface area contributed by atoms with Gasteiger partial charge in [-0.15, -0.1) is 0 Å². The first-order valence-corrected chi connectivity index (χ1v) is 7.87. The first kappa shape index (κ1) is 15.4. The Balaban J connectivity index is 1.74. The molecule has 4 aliphatic rings. The third kappa shape index (κ3) is 2.03. The van der Waals surface area contributed by atoms with E-state index in [9.17, 15) is 27.6 Å². The van der Waals surface area contributed by atoms with E-state index in [0.717, 1.165) is 17.0 Å². The third-order valence-corrected chi connectivity index (χ3v) is 5.50. The highest BCUT2D eigenvalue weighted by atomic mass is 19.4. The first-order valence-electron chi connectivity index (χ1n) is 7.87. The van der Waals surface area contributed by atoms with Crippen LogP contribution in [0.2, 0.25) is 0 Å². The summed E-state index contributed by atoms with van der Waals surface area (Å²) >= 11 is 0. The van der Waals surface area contributed by atoms with E-state index >= 15 is 0 Å². The van der Waals surface area contributed by atoms with Gasteiger partial charge in [0.25, 0.3) is 0 Å². The van der Waals surface area contributed by atoms with Gasteiger partial charge in [-0.1, -0.05) is 6.07 Å². The monoisotopic (exact) mass is 337 g/mol. The van der Waals surface area contributed by atoms with Gasteiger partial charge in [0.1, 0.15) is 5.78 Å². The van der Waals surface area contributed by atoms with E-state index in [1.807, 2.05) is 0 Å². The Morgan fingerprint density at radius 3 is 2.38 bits per heavy atom. The molecule has 4 nitrogen and oxygen atoms in total. The highest BCUT2D eigenvalue weighted by Gasteiger charge is 2.61. The van der Waals surface area contributed by atoms with Gasteiger partial charge in [-0.25, -0.2) is 0 Å². The Kier molecular flexibility index (Phi) is 3.14. The van der Waals surface area contributed by atoms with Gasteiger partial charge in [0, 0.05) is 12.3 Å². The van der Waals surface area contributed by atoms with Crippen molar-refractivity contribution in [2.24, 2.45) is 23.7 Å². The van der Waals surface area contributed by atoms with Gasteiger partial charge in [0.15, 0.2) is 0 Å². The molecule has 2 amide bonds. The molecular formula is C17H14F3NO3. The fraction of sp³-hybridized carbons (Fsp3) is 0.471. The van der Waals surface area contributed by atoms with Crippen molar-refractivity contribution in [1.29, 1.82) is 0 Å². The Hall–Kier alpha value is -2.18. The average Bonchev–Trinajstić information content (AvgIpc) is 2.80. The van der Waals surface area contributed by atoms with E-state index in [4.69, 9.17) is 0 Å². The summed E-state index contributed by atoms with van der Waals surface area (Å²) in [4.78, 5) is 38.3. The summed E-state index contributed by atoms with van der Waals surface area (Å²) in [7, 11) is 0. The standard InChI is InChI=1S/C17H14F3NO3/c18-17(19,20)9-2-1-3-10(7-9)21-15(23)13-8-4-5-11(12(22)6-8)14(13)16(21)24/h1-3,7-8,11,13-14H,4-6H2/t8-,11+,13+,14?/m0/s1. The summed E-state index contributed by atoms with van der Waals surface area (Å²) < 4.78 is 38.7. The van der Waals surface area contributed by atoms with Gasteiger partial charge in [0.2, 0.25) is 11.8 Å². The van der Waals surface area contributed by atoms with E-state index in [2.05, 4.69) is 0 Å². The van der Waals surface area contributed by atoms with Crippen LogP contribution < -0.4 is 4.90 Å². The number of nitrogens with zero attached hydrogens (tertiary/aromatic N) is 1. The number of benzene rings is 1. The second-order valence-corrected chi connectivity index (χ2v) is 6.73. The molecule has 7 heteroatoms. The van der Waals surface area contributed by atoms with Crippen molar-refractivity contribution in [3.05, 3.63) is 29.8 Å². The number of hydrogen-bond donors (Lipinski definition) is 0. The van der Waals surface area contributed by atoms with Gasteiger partial charge in [-0.05, 0) is 37.0 Å². The first-order chi connectivity index (χ1) is 11.3. The number of anilines is 1. The summed E-state index contributed by atoms with van der Waals surface area (Å²) in [5, 5.41) is 0. The lowest BCUT2D eigenvalue weighted by molar-refractivity contribution is -0.143. The van der Waals surface area contributed by atoms with Crippen molar-refractivity contribution in [3.8, 4) is 0 Å². The highest BCUT2D eigenvalue weighted by molar-refractivity contribution is 6.23. The minimum Gasteiger partial charge on any atom is -0.299 e. The van der Waals surface area contributed by atoms with E-state index in [1.54, 1.807) is 0 Å². The van der Waals surface area contributed by atoms with Crippen molar-refractivity contribution in [3.63, 3.8) is 0 Å². The van der Waals surface area contributed by atoms with Crippen molar-refractivity contribution in [2.45, 2.75) is 25.4 Å². The predicted octanol–water partition coefficient (Wildman–Crippen LogP) is 2.81. The molecule has 2 bridgehead atoms. The van der Waals surface area contributed by atoms with E-state index in [0.29, 0.717) is 19.3 Å². The van der Waals surface area contributed by atoms with Crippen LogP contribution in [0, 0.1) is 23.7 Å². The number of fused-ring (bicyclic) bond motifs is 2. The van der Waals surface area contributed by atoms with Gasteiger partial charge in [0.05, 0.1) is 23.1 Å². The third-order valence-electron chi connectivity index (χ3n) is 5.50. The lowest BCUT2D eigenvalue weighted by Crippen LogP contribution is -2.46. The van der Waals surface area contributed by atoms with Crippen LogP contribution in [-0.4, -0.2) is 17.6 Å². The van der Waals surface area contributed by atoms with Gasteiger partial charge >= 0.3 is 6.18 Å². The Labute approximate surface area is 135 Å². The molecule has 0 N–H and O–H groups in total. The Bertz CT molecular complexity index is 758. The smallest absolute Gasteiger partial charge is 0.299 e. The number of imide groups is 1. The molecule has 4 fully saturated rings. The number of carbonyl (C=O) groups is 3. The predicted molar refractivity (Wildman–Crippen MR) is 76.8 cm³/mol. The van der Waals surface area contributed by atoms with Gasteiger partial charge in [-0.2, -0.15) is 13.2 Å². The minimum atomic E-state index is -4.55. The molecule has 3 saturated carbocycles. The molecule has 1 aromatic rings. The SMILES string of the molecule is O=C1C[C@@H]2CC[C@H]1C1C(=O)N(c3cccc(C(F)(F)F)c3)C(=O)[C@@H]12. The Morgan fingerprint density at radius 2 is 1.71 bits per heavy atom. The van der Waals surface area contributed by atoms with Crippen LogP contribution in [0.25, 0.3) is 0 Å². The molecule has 1 saturated heterocycles. The summed E-state index contributed by atoms with van der Waals surface area (Å²) in [6, 6.07) is 4.22. The number of rotatable bonds is 1. The van der Waals surface area contributed by atoms with Gasteiger partial charge < -0.3 is 0 Å². The molecule has 4 atom stereocenters. The van der Waals surface area contributed by atoms with E-state index < -0.39 is 41.3 Å². The maximum atomic E-state index is 12.9. The van der Waals surface area contributed by atoms with Crippen LogP contribution in [0.4, 0.5) is 18.9 Å². The number of ketones is 1. The zero-order valence-electron chi connectivity index (χ0n) is 12.5. The molecular weight excluding hydrogens is 323 g/mol. The summed E-state index contributed by atoms with van der Waals surface area (Å²) in [6.45, 7) is 0. The van der Waals surface area contributed by atoms with E-state index in [1.165, 1.54) is 12.1 Å². The van der Waals surface area contributed by atoms with Crippen LogP contribution in [0.5, 0.6) is 0 Å². The fourth-order valence-electron chi connectivity index (χ4n) is 4.46. The van der Waals surface area contributed by atoms with Gasteiger partial charge in [-0.3, -0.25) is 19.3 Å². The average molecular weight is 337 g/mol. The van der Waals surface area contributed by atoms with Crippen LogP contribution in [0.1, 0.15) is 24.8 Å². The molecule has 0 radical (unpaired) electrons. The van der Waals surface area contributed by atoms with Crippen molar-refractivity contribution in [2.75, 3.05) is 4.90 Å². The summed E-state index contributed by atoms with van der Waals surface area (Å²) in [5.41, 5.74) is -0.976. The molecule has 1 unspecified atom stereocenters. The second kappa shape index (κ2) is 4.91. The lowest BCUT2D eigenvalue weighted by Gasteiger charge is -2.41. The molecule has 5 rings (SSSR count). The van der Waals surface area contributed by atoms with Crippen LogP contribution in [0.15, 0.2) is 24.3 Å².